The van der Waals surface area contributed by atoms with Crippen LogP contribution in [0.2, 0.25) is 10.0 Å². The first-order valence-electron chi connectivity index (χ1n) is 7.62. The second kappa shape index (κ2) is 7.27. The molecule has 0 aliphatic carbocycles. The fourth-order valence-electron chi connectivity index (χ4n) is 2.53. The van der Waals surface area contributed by atoms with Crippen molar-refractivity contribution in [1.82, 2.24) is 10.3 Å². The van der Waals surface area contributed by atoms with E-state index < -0.39 is 5.91 Å². The summed E-state index contributed by atoms with van der Waals surface area (Å²) in [6.07, 6.45) is 0. The first-order valence-corrected chi connectivity index (χ1v) is 8.38. The van der Waals surface area contributed by atoms with E-state index in [9.17, 15) is 14.4 Å². The third-order valence-corrected chi connectivity index (χ3v) is 4.34. The maximum absolute atomic E-state index is 12.3. The Morgan fingerprint density at radius 2 is 1.69 bits per heavy atom. The fraction of sp³-hybridized carbons (Fsp3) is 0.111. The van der Waals surface area contributed by atoms with Crippen LogP contribution in [0.1, 0.15) is 38.0 Å². The molecule has 3 rings (SSSR count). The number of rotatable bonds is 4. The molecule has 1 aliphatic rings. The predicted octanol–water partition coefficient (Wildman–Crippen LogP) is 3.40. The molecule has 1 N–H and O–H groups in total. The highest BCUT2D eigenvalue weighted by Crippen LogP contribution is 2.22. The van der Waals surface area contributed by atoms with Gasteiger partial charge in [-0.25, -0.2) is 5.43 Å². The van der Waals surface area contributed by atoms with Crippen LogP contribution in [0.15, 0.2) is 47.6 Å². The SMILES string of the molecule is C/C(CN1C(=O)c2ccccc2C1=O)=N/NC(=O)c1ccc(Cl)cc1Cl. The number of carbonyl (C=O) groups is 3. The molecule has 0 aromatic heterocycles. The van der Waals surface area contributed by atoms with E-state index in [1.54, 1.807) is 31.2 Å². The van der Waals surface area contributed by atoms with Gasteiger partial charge in [-0.2, -0.15) is 5.10 Å². The monoisotopic (exact) mass is 389 g/mol. The summed E-state index contributed by atoms with van der Waals surface area (Å²) in [6.45, 7) is 1.58. The highest BCUT2D eigenvalue weighted by Gasteiger charge is 2.35. The lowest BCUT2D eigenvalue weighted by molar-refractivity contribution is 0.0677. The van der Waals surface area contributed by atoms with E-state index >= 15 is 0 Å². The van der Waals surface area contributed by atoms with Gasteiger partial charge in [0.1, 0.15) is 0 Å². The molecule has 0 spiro atoms. The highest BCUT2D eigenvalue weighted by atomic mass is 35.5. The molecule has 0 radical (unpaired) electrons. The summed E-state index contributed by atoms with van der Waals surface area (Å²) in [7, 11) is 0. The normalized spacial score (nSPS) is 13.8. The second-order valence-electron chi connectivity index (χ2n) is 5.65. The van der Waals surface area contributed by atoms with Crippen molar-refractivity contribution < 1.29 is 14.4 Å². The van der Waals surface area contributed by atoms with Crippen molar-refractivity contribution in [2.75, 3.05) is 6.54 Å². The third-order valence-electron chi connectivity index (χ3n) is 3.79. The van der Waals surface area contributed by atoms with Crippen LogP contribution < -0.4 is 5.43 Å². The number of nitrogens with zero attached hydrogens (tertiary/aromatic N) is 2. The van der Waals surface area contributed by atoms with Crippen molar-refractivity contribution in [1.29, 1.82) is 0 Å². The molecule has 2 aromatic carbocycles. The zero-order chi connectivity index (χ0) is 18.8. The molecule has 8 heteroatoms. The van der Waals surface area contributed by atoms with Crippen LogP contribution >= 0.6 is 23.2 Å². The number of nitrogens with one attached hydrogen (secondary N) is 1. The van der Waals surface area contributed by atoms with E-state index in [-0.39, 0.29) is 28.9 Å². The number of halogens is 2. The molecule has 0 unspecified atom stereocenters. The molecule has 132 valence electrons. The fourth-order valence-corrected chi connectivity index (χ4v) is 3.02. The van der Waals surface area contributed by atoms with Crippen LogP contribution in [0.4, 0.5) is 0 Å². The van der Waals surface area contributed by atoms with Crippen LogP contribution in [0.25, 0.3) is 0 Å². The number of hydrogen-bond acceptors (Lipinski definition) is 4. The molecule has 6 nitrogen and oxygen atoms in total. The summed E-state index contributed by atoms with van der Waals surface area (Å²) in [4.78, 5) is 37.8. The standard InChI is InChI=1S/C18H13Cl2N3O3/c1-10(21-22-16(24)14-7-6-11(19)8-15(14)20)9-23-17(25)12-4-2-3-5-13(12)18(23)26/h2-8H,9H2,1H3,(H,22,24)/b21-10-. The zero-order valence-electron chi connectivity index (χ0n) is 13.6. The van der Waals surface area contributed by atoms with Crippen LogP contribution in [0, 0.1) is 0 Å². The van der Waals surface area contributed by atoms with Crippen LogP contribution in [0.5, 0.6) is 0 Å². The van der Waals surface area contributed by atoms with E-state index in [2.05, 4.69) is 10.5 Å². The van der Waals surface area contributed by atoms with Crippen LogP contribution in [-0.4, -0.2) is 34.9 Å². The Morgan fingerprint density at radius 3 is 2.27 bits per heavy atom. The largest absolute Gasteiger partial charge is 0.272 e. The van der Waals surface area contributed by atoms with Crippen molar-refractivity contribution in [3.05, 3.63) is 69.2 Å². The minimum atomic E-state index is -0.520. The van der Waals surface area contributed by atoms with Crippen molar-refractivity contribution in [3.63, 3.8) is 0 Å². The van der Waals surface area contributed by atoms with Crippen molar-refractivity contribution in [2.45, 2.75) is 6.92 Å². The van der Waals surface area contributed by atoms with Gasteiger partial charge in [-0.1, -0.05) is 35.3 Å². The van der Waals surface area contributed by atoms with Crippen molar-refractivity contribution in [2.24, 2.45) is 5.10 Å². The zero-order valence-corrected chi connectivity index (χ0v) is 15.1. The summed E-state index contributed by atoms with van der Waals surface area (Å²) < 4.78 is 0. The summed E-state index contributed by atoms with van der Waals surface area (Å²) in [5, 5.41) is 4.55. The number of amides is 3. The Kier molecular flexibility index (Phi) is 5.06. The molecule has 2 aromatic rings. The highest BCUT2D eigenvalue weighted by molar-refractivity contribution is 6.36. The molecule has 1 heterocycles. The Labute approximate surface area is 159 Å². The number of hydrogen-bond donors (Lipinski definition) is 1. The maximum Gasteiger partial charge on any atom is 0.272 e. The van der Waals surface area contributed by atoms with Gasteiger partial charge in [0, 0.05) is 5.02 Å². The summed E-state index contributed by atoms with van der Waals surface area (Å²) in [5.74, 6) is -1.28. The van der Waals surface area contributed by atoms with Crippen molar-refractivity contribution >= 4 is 46.6 Å². The summed E-state index contributed by atoms with van der Waals surface area (Å²) in [5.41, 5.74) is 3.69. The Balaban J connectivity index is 1.69. The summed E-state index contributed by atoms with van der Waals surface area (Å²) in [6, 6.07) is 11.1. The molecule has 26 heavy (non-hydrogen) atoms. The Hall–Kier alpha value is -2.70. The lowest BCUT2D eigenvalue weighted by Gasteiger charge is -2.13. The van der Waals surface area contributed by atoms with Gasteiger partial charge in [0.2, 0.25) is 0 Å². The van der Waals surface area contributed by atoms with E-state index in [0.29, 0.717) is 21.9 Å². The molecule has 1 aliphatic heterocycles. The van der Waals surface area contributed by atoms with Gasteiger partial charge in [-0.15, -0.1) is 0 Å². The number of benzene rings is 2. The quantitative estimate of drug-likeness (QED) is 0.494. The topological polar surface area (TPSA) is 78.8 Å². The first kappa shape index (κ1) is 18.1. The third kappa shape index (κ3) is 3.47. The first-order chi connectivity index (χ1) is 12.4. The minimum absolute atomic E-state index is 0.0268. The van der Waals surface area contributed by atoms with E-state index in [4.69, 9.17) is 23.2 Å². The van der Waals surface area contributed by atoms with E-state index in [0.717, 1.165) is 4.90 Å². The lowest BCUT2D eigenvalue weighted by Crippen LogP contribution is -2.35. The summed E-state index contributed by atoms with van der Waals surface area (Å²) >= 11 is 11.8. The maximum atomic E-state index is 12.3. The molecule has 0 atom stereocenters. The molecular formula is C18H13Cl2N3O3. The van der Waals surface area contributed by atoms with Gasteiger partial charge in [-0.3, -0.25) is 19.3 Å². The van der Waals surface area contributed by atoms with Crippen LogP contribution in [0.3, 0.4) is 0 Å². The van der Waals surface area contributed by atoms with Gasteiger partial charge < -0.3 is 0 Å². The predicted molar refractivity (Wildman–Crippen MR) is 98.8 cm³/mol. The van der Waals surface area contributed by atoms with Crippen molar-refractivity contribution in [3.8, 4) is 0 Å². The average Bonchev–Trinajstić information content (AvgIpc) is 2.85. The van der Waals surface area contributed by atoms with Gasteiger partial charge in [0.15, 0.2) is 0 Å². The van der Waals surface area contributed by atoms with E-state index in [1.807, 2.05) is 0 Å². The molecular weight excluding hydrogens is 377 g/mol. The molecule has 0 saturated heterocycles. The smallest absolute Gasteiger partial charge is 0.269 e. The van der Waals surface area contributed by atoms with Gasteiger partial charge in [0.05, 0.1) is 34.0 Å². The average molecular weight is 390 g/mol. The second-order valence-corrected chi connectivity index (χ2v) is 6.50. The number of imide groups is 1. The Morgan fingerprint density at radius 1 is 1.08 bits per heavy atom. The van der Waals surface area contributed by atoms with Gasteiger partial charge in [-0.05, 0) is 37.3 Å². The number of fused-ring (bicyclic) bond motifs is 1. The van der Waals surface area contributed by atoms with E-state index in [1.165, 1.54) is 18.2 Å². The van der Waals surface area contributed by atoms with Crippen LogP contribution in [-0.2, 0) is 0 Å². The number of hydrazone groups is 1. The van der Waals surface area contributed by atoms with Gasteiger partial charge >= 0.3 is 0 Å². The minimum Gasteiger partial charge on any atom is -0.269 e. The molecule has 3 amide bonds. The molecule has 0 saturated carbocycles. The Bertz CT molecular complexity index is 921. The molecule has 0 bridgehead atoms. The lowest BCUT2D eigenvalue weighted by atomic mass is 10.1. The van der Waals surface area contributed by atoms with Gasteiger partial charge in [0.25, 0.3) is 17.7 Å². The number of carbonyl (C=O) groups excluding carboxylic acids is 3. The molecule has 0 fully saturated rings.